The minimum absolute atomic E-state index is 0.0234. The van der Waals surface area contributed by atoms with Crippen LogP contribution in [0.4, 0.5) is 11.4 Å². The van der Waals surface area contributed by atoms with Gasteiger partial charge in [-0.15, -0.1) is 0 Å². The summed E-state index contributed by atoms with van der Waals surface area (Å²) in [6.07, 6.45) is 3.02. The summed E-state index contributed by atoms with van der Waals surface area (Å²) in [4.78, 5) is 28.6. The number of aromatic nitrogens is 3. The van der Waals surface area contributed by atoms with Crippen molar-refractivity contribution in [1.82, 2.24) is 14.8 Å². The van der Waals surface area contributed by atoms with E-state index in [9.17, 15) is 9.59 Å². The molecule has 0 aliphatic carbocycles. The minimum Gasteiger partial charge on any atom is -0.497 e. The Kier molecular flexibility index (Phi) is 5.25. The first-order chi connectivity index (χ1) is 14.6. The Hall–Kier alpha value is -4.40. The fourth-order valence-electron chi connectivity index (χ4n) is 2.68. The summed E-state index contributed by atoms with van der Waals surface area (Å²) < 4.78 is 12.1. The highest BCUT2D eigenvalue weighted by Crippen LogP contribution is 2.18. The maximum absolute atomic E-state index is 12.4. The lowest BCUT2D eigenvalue weighted by Crippen LogP contribution is -2.12. The lowest BCUT2D eigenvalue weighted by molar-refractivity contribution is 0.0974. The summed E-state index contributed by atoms with van der Waals surface area (Å²) in [6.45, 7) is 0. The summed E-state index contributed by atoms with van der Waals surface area (Å²) in [5.41, 5.74) is 1.96. The van der Waals surface area contributed by atoms with Crippen LogP contribution < -0.4 is 15.4 Å². The largest absolute Gasteiger partial charge is 0.497 e. The van der Waals surface area contributed by atoms with Crippen LogP contribution in [0.5, 0.6) is 5.75 Å². The number of amides is 2. The number of anilines is 2. The highest BCUT2D eigenvalue weighted by atomic mass is 16.5. The highest BCUT2D eigenvalue weighted by molar-refractivity contribution is 6.05. The molecule has 30 heavy (non-hydrogen) atoms. The minimum atomic E-state index is -0.466. The molecule has 0 bridgehead atoms. The predicted molar refractivity (Wildman–Crippen MR) is 109 cm³/mol. The third-order valence-corrected chi connectivity index (χ3v) is 4.21. The molecule has 2 amide bonds. The molecule has 2 aromatic carbocycles. The van der Waals surface area contributed by atoms with Crippen LogP contribution in [-0.2, 0) is 0 Å². The van der Waals surface area contributed by atoms with Gasteiger partial charge in [0, 0.05) is 11.4 Å². The van der Waals surface area contributed by atoms with Gasteiger partial charge in [0.2, 0.25) is 0 Å². The van der Waals surface area contributed by atoms with Crippen LogP contribution in [0.1, 0.15) is 21.1 Å². The maximum atomic E-state index is 12.4. The second-order valence-corrected chi connectivity index (χ2v) is 6.19. The molecule has 2 aromatic heterocycles. The number of furan rings is 1. The molecule has 0 radical (unpaired) electrons. The van der Waals surface area contributed by atoms with Crippen LogP contribution in [0.25, 0.3) is 5.69 Å². The Bertz CT molecular complexity index is 1150. The third-order valence-electron chi connectivity index (χ3n) is 4.21. The predicted octanol–water partition coefficient (Wildman–Crippen LogP) is 3.37. The van der Waals surface area contributed by atoms with Crippen LogP contribution in [0.2, 0.25) is 0 Å². The molecule has 9 heteroatoms. The van der Waals surface area contributed by atoms with Crippen molar-refractivity contribution in [3.63, 3.8) is 0 Å². The molecule has 0 aliphatic heterocycles. The van der Waals surface area contributed by atoms with Crippen molar-refractivity contribution in [2.24, 2.45) is 0 Å². The first-order valence-electron chi connectivity index (χ1n) is 8.94. The Morgan fingerprint density at radius 2 is 1.43 bits per heavy atom. The zero-order valence-electron chi connectivity index (χ0n) is 15.9. The number of carbonyl (C=O) groups is 2. The van der Waals surface area contributed by atoms with E-state index in [-0.39, 0.29) is 11.5 Å². The number of ether oxygens (including phenoxy) is 1. The molecule has 0 saturated carbocycles. The smallest absolute Gasteiger partial charge is 0.291 e. The van der Waals surface area contributed by atoms with E-state index in [1.807, 2.05) is 0 Å². The molecule has 4 aromatic rings. The van der Waals surface area contributed by atoms with E-state index < -0.39 is 11.8 Å². The summed E-state index contributed by atoms with van der Waals surface area (Å²) in [7, 11) is 1.56. The van der Waals surface area contributed by atoms with Gasteiger partial charge in [0.05, 0.1) is 12.8 Å². The van der Waals surface area contributed by atoms with Crippen molar-refractivity contribution >= 4 is 23.2 Å². The summed E-state index contributed by atoms with van der Waals surface area (Å²) in [5.74, 6) is -0.199. The Morgan fingerprint density at radius 3 is 1.93 bits per heavy atom. The number of benzene rings is 2. The van der Waals surface area contributed by atoms with Gasteiger partial charge >= 0.3 is 0 Å². The molecule has 0 unspecified atom stereocenters. The van der Waals surface area contributed by atoms with Crippen LogP contribution >= 0.6 is 0 Å². The van der Waals surface area contributed by atoms with Gasteiger partial charge in [-0.1, -0.05) is 0 Å². The molecule has 4 rings (SSSR count). The van der Waals surface area contributed by atoms with Gasteiger partial charge in [-0.25, -0.2) is 9.67 Å². The van der Waals surface area contributed by atoms with Gasteiger partial charge in [0.25, 0.3) is 11.8 Å². The molecule has 2 N–H and O–H groups in total. The van der Waals surface area contributed by atoms with Crippen molar-refractivity contribution < 1.29 is 18.7 Å². The molecule has 0 spiro atoms. The molecule has 0 saturated heterocycles. The molecule has 9 nitrogen and oxygen atoms in total. The first kappa shape index (κ1) is 18.9. The summed E-state index contributed by atoms with van der Waals surface area (Å²) in [5, 5.41) is 9.46. The standard InChI is InChI=1S/C21H17N5O4/c1-29-17-8-4-15(5-9-17)25-21(28)19-11-10-18(30-19)20(27)24-14-2-6-16(7-3-14)26-13-22-12-23-26/h2-13H,1H3,(H,24,27)(H,25,28). The number of rotatable bonds is 6. The summed E-state index contributed by atoms with van der Waals surface area (Å²) in [6, 6.07) is 16.8. The van der Waals surface area contributed by atoms with E-state index in [0.29, 0.717) is 17.1 Å². The van der Waals surface area contributed by atoms with Crippen LogP contribution in [0, 0.1) is 0 Å². The quantitative estimate of drug-likeness (QED) is 0.511. The number of carbonyl (C=O) groups excluding carboxylic acids is 2. The fourth-order valence-corrected chi connectivity index (χ4v) is 2.68. The fraction of sp³-hybridized carbons (Fsp3) is 0.0476. The van der Waals surface area contributed by atoms with Crippen LogP contribution in [0.15, 0.2) is 77.7 Å². The average Bonchev–Trinajstić information content (AvgIpc) is 3.47. The Balaban J connectivity index is 1.39. The number of methoxy groups -OCH3 is 1. The van der Waals surface area contributed by atoms with Crippen molar-refractivity contribution in [2.75, 3.05) is 17.7 Å². The van der Waals surface area contributed by atoms with Gasteiger partial charge < -0.3 is 19.8 Å². The second kappa shape index (κ2) is 8.31. The Labute approximate surface area is 171 Å². The van der Waals surface area contributed by atoms with Gasteiger partial charge in [0.1, 0.15) is 18.4 Å². The van der Waals surface area contributed by atoms with Gasteiger partial charge in [-0.05, 0) is 60.7 Å². The lowest BCUT2D eigenvalue weighted by atomic mass is 10.2. The number of hydrogen-bond acceptors (Lipinski definition) is 6. The summed E-state index contributed by atoms with van der Waals surface area (Å²) >= 11 is 0. The number of nitrogens with one attached hydrogen (secondary N) is 2. The van der Waals surface area contributed by atoms with E-state index in [1.54, 1.807) is 66.6 Å². The van der Waals surface area contributed by atoms with Crippen LogP contribution in [-0.4, -0.2) is 33.7 Å². The molecule has 150 valence electrons. The highest BCUT2D eigenvalue weighted by Gasteiger charge is 2.16. The van der Waals surface area contributed by atoms with E-state index in [2.05, 4.69) is 20.7 Å². The van der Waals surface area contributed by atoms with Crippen molar-refractivity contribution in [2.45, 2.75) is 0 Å². The number of nitrogens with zero attached hydrogens (tertiary/aromatic N) is 3. The van der Waals surface area contributed by atoms with Gasteiger partial charge in [0.15, 0.2) is 11.5 Å². The SMILES string of the molecule is COc1ccc(NC(=O)c2ccc(C(=O)Nc3ccc(-n4cncn4)cc3)o2)cc1. The van der Waals surface area contributed by atoms with Crippen molar-refractivity contribution in [3.05, 3.63) is 84.8 Å². The second-order valence-electron chi connectivity index (χ2n) is 6.19. The first-order valence-corrected chi connectivity index (χ1v) is 8.94. The molecular weight excluding hydrogens is 386 g/mol. The number of hydrogen-bond donors (Lipinski definition) is 2. The molecular formula is C21H17N5O4. The molecule has 0 fully saturated rings. The van der Waals surface area contributed by atoms with Gasteiger partial charge in [-0.3, -0.25) is 9.59 Å². The van der Waals surface area contributed by atoms with Gasteiger partial charge in [-0.2, -0.15) is 5.10 Å². The zero-order chi connectivity index (χ0) is 20.9. The molecule has 0 aliphatic rings. The lowest BCUT2D eigenvalue weighted by Gasteiger charge is -2.06. The topological polar surface area (TPSA) is 111 Å². The molecule has 0 atom stereocenters. The van der Waals surface area contributed by atoms with Crippen molar-refractivity contribution in [1.29, 1.82) is 0 Å². The zero-order valence-corrected chi connectivity index (χ0v) is 15.9. The Morgan fingerprint density at radius 1 is 0.867 bits per heavy atom. The monoisotopic (exact) mass is 403 g/mol. The van der Waals surface area contributed by atoms with E-state index in [1.165, 1.54) is 18.5 Å². The van der Waals surface area contributed by atoms with E-state index in [0.717, 1.165) is 5.69 Å². The van der Waals surface area contributed by atoms with Crippen molar-refractivity contribution in [3.8, 4) is 11.4 Å². The normalized spacial score (nSPS) is 10.4. The van der Waals surface area contributed by atoms with Crippen LogP contribution in [0.3, 0.4) is 0 Å². The third kappa shape index (κ3) is 4.20. The van der Waals surface area contributed by atoms with E-state index >= 15 is 0 Å². The molecule has 2 heterocycles. The average molecular weight is 403 g/mol. The maximum Gasteiger partial charge on any atom is 0.291 e. The van der Waals surface area contributed by atoms with E-state index in [4.69, 9.17) is 9.15 Å².